The summed E-state index contributed by atoms with van der Waals surface area (Å²) in [5.74, 6) is 0.647. The van der Waals surface area contributed by atoms with E-state index >= 15 is 0 Å². The fourth-order valence-corrected chi connectivity index (χ4v) is 1.16. The summed E-state index contributed by atoms with van der Waals surface area (Å²) >= 11 is 0. The molecule has 15 heavy (non-hydrogen) atoms. The number of benzene rings is 1. The minimum absolute atomic E-state index is 0.342. The van der Waals surface area contributed by atoms with E-state index in [1.807, 2.05) is 0 Å². The Morgan fingerprint density at radius 2 is 1.93 bits per heavy atom. The zero-order chi connectivity index (χ0) is 11.3. The van der Waals surface area contributed by atoms with E-state index in [4.69, 9.17) is 9.47 Å². The number of carbonyl (C=O) groups is 1. The maximum Gasteiger partial charge on any atom is 0.187 e. The van der Waals surface area contributed by atoms with Crippen LogP contribution in [0.5, 0.6) is 11.5 Å². The number of rotatable bonds is 5. The molecule has 5 nitrogen and oxygen atoms in total. The van der Waals surface area contributed by atoms with Crippen molar-refractivity contribution in [1.29, 1.82) is 0 Å². The van der Waals surface area contributed by atoms with Crippen LogP contribution >= 0.6 is 0 Å². The predicted molar refractivity (Wildman–Crippen MR) is 54.5 cm³/mol. The van der Waals surface area contributed by atoms with Crippen LogP contribution in [0.2, 0.25) is 0 Å². The number of ether oxygens (including phenoxy) is 2. The summed E-state index contributed by atoms with van der Waals surface area (Å²) in [7, 11) is 2.98. The molecule has 0 aliphatic carbocycles. The molecule has 0 unspecified atom stereocenters. The molecule has 0 aliphatic heterocycles. The second-order valence-corrected chi connectivity index (χ2v) is 2.78. The highest BCUT2D eigenvalue weighted by Crippen LogP contribution is 2.27. The molecule has 1 aromatic rings. The van der Waals surface area contributed by atoms with Crippen LogP contribution in [0.25, 0.3) is 0 Å². The van der Waals surface area contributed by atoms with Gasteiger partial charge in [-0.15, -0.1) is 0 Å². The molecular formula is C10H11NO4. The summed E-state index contributed by atoms with van der Waals surface area (Å²) in [5.41, 5.74) is 0.382. The van der Waals surface area contributed by atoms with Crippen LogP contribution in [0.15, 0.2) is 23.4 Å². The Morgan fingerprint density at radius 1 is 1.27 bits per heavy atom. The minimum atomic E-state index is -0.366. The van der Waals surface area contributed by atoms with Crippen molar-refractivity contribution in [3.8, 4) is 11.5 Å². The summed E-state index contributed by atoms with van der Waals surface area (Å²) in [6.45, 7) is -0.366. The van der Waals surface area contributed by atoms with Crippen molar-refractivity contribution in [2.24, 2.45) is 5.18 Å². The highest BCUT2D eigenvalue weighted by molar-refractivity contribution is 5.98. The first-order chi connectivity index (χ1) is 7.22. The highest BCUT2D eigenvalue weighted by Gasteiger charge is 2.10. The van der Waals surface area contributed by atoms with Gasteiger partial charge in [-0.3, -0.25) is 4.79 Å². The van der Waals surface area contributed by atoms with Crippen LogP contribution in [-0.4, -0.2) is 26.5 Å². The van der Waals surface area contributed by atoms with Crippen molar-refractivity contribution in [3.05, 3.63) is 28.7 Å². The van der Waals surface area contributed by atoms with Gasteiger partial charge in [0.15, 0.2) is 17.3 Å². The number of hydrogen-bond donors (Lipinski definition) is 0. The van der Waals surface area contributed by atoms with Gasteiger partial charge in [0.05, 0.1) is 14.2 Å². The van der Waals surface area contributed by atoms with Gasteiger partial charge in [0, 0.05) is 5.56 Å². The monoisotopic (exact) mass is 209 g/mol. The van der Waals surface area contributed by atoms with Crippen molar-refractivity contribution in [2.45, 2.75) is 0 Å². The van der Waals surface area contributed by atoms with Crippen molar-refractivity contribution >= 4 is 5.78 Å². The highest BCUT2D eigenvalue weighted by atomic mass is 16.5. The van der Waals surface area contributed by atoms with E-state index in [1.54, 1.807) is 12.1 Å². The first-order valence-electron chi connectivity index (χ1n) is 4.27. The molecule has 1 aromatic carbocycles. The van der Waals surface area contributed by atoms with Crippen LogP contribution in [0.4, 0.5) is 0 Å². The molecule has 0 radical (unpaired) electrons. The van der Waals surface area contributed by atoms with E-state index in [0.717, 1.165) is 0 Å². The van der Waals surface area contributed by atoms with Crippen LogP contribution in [0.3, 0.4) is 0 Å². The fourth-order valence-electron chi connectivity index (χ4n) is 1.16. The lowest BCUT2D eigenvalue weighted by molar-refractivity contribution is 0.100. The quantitative estimate of drug-likeness (QED) is 0.546. The maximum absolute atomic E-state index is 11.3. The van der Waals surface area contributed by atoms with E-state index < -0.39 is 0 Å². The number of methoxy groups -OCH3 is 2. The van der Waals surface area contributed by atoms with Gasteiger partial charge in [-0.1, -0.05) is 5.18 Å². The third-order valence-corrected chi connectivity index (χ3v) is 1.91. The molecule has 80 valence electrons. The van der Waals surface area contributed by atoms with Crippen LogP contribution in [-0.2, 0) is 0 Å². The lowest BCUT2D eigenvalue weighted by Gasteiger charge is -2.07. The first kappa shape index (κ1) is 11.2. The number of hydrogen-bond acceptors (Lipinski definition) is 5. The van der Waals surface area contributed by atoms with Crippen LogP contribution in [0.1, 0.15) is 10.4 Å². The molecule has 0 atom stereocenters. The van der Waals surface area contributed by atoms with Crippen LogP contribution < -0.4 is 9.47 Å². The van der Waals surface area contributed by atoms with Gasteiger partial charge in [-0.25, -0.2) is 0 Å². The third-order valence-electron chi connectivity index (χ3n) is 1.91. The van der Waals surface area contributed by atoms with Gasteiger partial charge in [0.1, 0.15) is 6.54 Å². The first-order valence-corrected chi connectivity index (χ1v) is 4.27. The van der Waals surface area contributed by atoms with E-state index in [9.17, 15) is 9.70 Å². The van der Waals surface area contributed by atoms with Gasteiger partial charge < -0.3 is 9.47 Å². The molecule has 0 heterocycles. The van der Waals surface area contributed by atoms with E-state index in [2.05, 4.69) is 5.18 Å². The molecule has 5 heteroatoms. The number of nitrogens with zero attached hydrogens (tertiary/aromatic N) is 1. The maximum atomic E-state index is 11.3. The normalized spacial score (nSPS) is 9.47. The molecule has 0 bridgehead atoms. The van der Waals surface area contributed by atoms with Crippen molar-refractivity contribution in [2.75, 3.05) is 20.8 Å². The Kier molecular flexibility index (Phi) is 3.79. The second-order valence-electron chi connectivity index (χ2n) is 2.78. The fraction of sp³-hybridized carbons (Fsp3) is 0.300. The van der Waals surface area contributed by atoms with Crippen molar-refractivity contribution < 1.29 is 14.3 Å². The molecule has 0 fully saturated rings. The molecule has 0 aromatic heterocycles. The Hall–Kier alpha value is -1.91. The average molecular weight is 209 g/mol. The van der Waals surface area contributed by atoms with Gasteiger partial charge in [-0.05, 0) is 18.2 Å². The van der Waals surface area contributed by atoms with Gasteiger partial charge in [-0.2, -0.15) is 4.91 Å². The zero-order valence-corrected chi connectivity index (χ0v) is 8.52. The number of carbonyl (C=O) groups excluding carboxylic acids is 1. The summed E-state index contributed by atoms with van der Waals surface area (Å²) in [6, 6.07) is 4.69. The SMILES string of the molecule is COc1ccc(C(=O)CN=O)cc1OC. The van der Waals surface area contributed by atoms with Gasteiger partial charge >= 0.3 is 0 Å². The summed E-state index contributed by atoms with van der Waals surface area (Å²) in [5, 5.41) is 2.54. The molecule has 0 amide bonds. The number of Topliss-reactive ketones (excluding diaryl/α,β-unsaturated/α-hetero) is 1. The Balaban J connectivity index is 3.02. The smallest absolute Gasteiger partial charge is 0.187 e. The third kappa shape index (κ3) is 2.52. The van der Waals surface area contributed by atoms with Crippen LogP contribution in [0, 0.1) is 4.91 Å². The Morgan fingerprint density at radius 3 is 2.47 bits per heavy atom. The minimum Gasteiger partial charge on any atom is -0.493 e. The van der Waals surface area contributed by atoms with Gasteiger partial charge in [0.2, 0.25) is 0 Å². The summed E-state index contributed by atoms with van der Waals surface area (Å²) in [6.07, 6.45) is 0. The Labute approximate surface area is 87.0 Å². The molecular weight excluding hydrogens is 198 g/mol. The molecule has 0 spiro atoms. The molecule has 1 rings (SSSR count). The zero-order valence-electron chi connectivity index (χ0n) is 8.52. The molecule has 0 aliphatic rings. The topological polar surface area (TPSA) is 65.0 Å². The summed E-state index contributed by atoms with van der Waals surface area (Å²) < 4.78 is 10.0. The predicted octanol–water partition coefficient (Wildman–Crippen LogP) is 1.65. The van der Waals surface area contributed by atoms with E-state index in [1.165, 1.54) is 20.3 Å². The van der Waals surface area contributed by atoms with Crippen molar-refractivity contribution in [3.63, 3.8) is 0 Å². The number of ketones is 1. The Bertz CT molecular complexity index is 376. The molecule has 0 saturated carbocycles. The standard InChI is InChI=1S/C10H11NO4/c1-14-9-4-3-7(5-10(9)15-2)8(12)6-11-13/h3-5H,6H2,1-2H3. The summed E-state index contributed by atoms with van der Waals surface area (Å²) in [4.78, 5) is 21.3. The number of nitroso groups, excluding NO2 is 1. The second kappa shape index (κ2) is 5.09. The largest absolute Gasteiger partial charge is 0.493 e. The lowest BCUT2D eigenvalue weighted by atomic mass is 10.1. The van der Waals surface area contributed by atoms with E-state index in [0.29, 0.717) is 17.1 Å². The lowest BCUT2D eigenvalue weighted by Crippen LogP contribution is -2.03. The van der Waals surface area contributed by atoms with Crippen molar-refractivity contribution in [1.82, 2.24) is 0 Å². The molecule has 0 N–H and O–H groups in total. The van der Waals surface area contributed by atoms with Gasteiger partial charge in [0.25, 0.3) is 0 Å². The molecule has 0 saturated heterocycles. The average Bonchev–Trinajstić information content (AvgIpc) is 2.28. The van der Waals surface area contributed by atoms with E-state index in [-0.39, 0.29) is 12.3 Å².